The molecule has 90 valence electrons. The fraction of sp³-hybridized carbons (Fsp3) is 0.500. The minimum Gasteiger partial charge on any atom is -0.398 e. The molecule has 0 spiro atoms. The number of ether oxygens (including phenoxy) is 1. The van der Waals surface area contributed by atoms with Crippen molar-refractivity contribution in [1.29, 1.82) is 0 Å². The van der Waals surface area contributed by atoms with Gasteiger partial charge in [0.15, 0.2) is 0 Å². The van der Waals surface area contributed by atoms with Crippen molar-refractivity contribution in [3.05, 3.63) is 23.2 Å². The van der Waals surface area contributed by atoms with Crippen molar-refractivity contribution in [2.24, 2.45) is 0 Å². The number of thioether (sulfide) groups is 1. The van der Waals surface area contributed by atoms with E-state index in [1.807, 2.05) is 18.2 Å². The summed E-state index contributed by atoms with van der Waals surface area (Å²) in [6, 6.07) is 5.60. The van der Waals surface area contributed by atoms with E-state index in [0.29, 0.717) is 0 Å². The molecule has 2 nitrogen and oxygen atoms in total. The zero-order valence-electron chi connectivity index (χ0n) is 9.92. The first-order chi connectivity index (χ1) is 7.46. The molecule has 0 atom stereocenters. The van der Waals surface area contributed by atoms with Gasteiger partial charge in [-0.25, -0.2) is 0 Å². The summed E-state index contributed by atoms with van der Waals surface area (Å²) in [7, 11) is 1.73. The Labute approximate surface area is 107 Å². The van der Waals surface area contributed by atoms with E-state index in [1.165, 1.54) is 0 Å². The van der Waals surface area contributed by atoms with E-state index in [9.17, 15) is 0 Å². The number of nitrogens with two attached hydrogens (primary N) is 1. The average molecular weight is 260 g/mol. The molecule has 1 aromatic carbocycles. The molecule has 0 saturated carbocycles. The normalized spacial score (nSPS) is 11.8. The third-order valence-electron chi connectivity index (χ3n) is 2.50. The second-order valence-electron chi connectivity index (χ2n) is 4.22. The van der Waals surface area contributed by atoms with E-state index in [1.54, 1.807) is 18.9 Å². The van der Waals surface area contributed by atoms with Gasteiger partial charge in [-0.15, -0.1) is 11.8 Å². The number of hydrogen-bond donors (Lipinski definition) is 1. The van der Waals surface area contributed by atoms with Gasteiger partial charge in [-0.2, -0.15) is 0 Å². The molecule has 0 aliphatic carbocycles. The molecule has 0 bridgehead atoms. The molecule has 2 N–H and O–H groups in total. The van der Waals surface area contributed by atoms with Gasteiger partial charge in [-0.3, -0.25) is 0 Å². The molecule has 0 amide bonds. The second-order valence-corrected chi connectivity index (χ2v) is 5.73. The number of methoxy groups -OCH3 is 1. The first kappa shape index (κ1) is 13.7. The van der Waals surface area contributed by atoms with Crippen LogP contribution in [0, 0.1) is 0 Å². The fourth-order valence-electron chi connectivity index (χ4n) is 1.18. The Morgan fingerprint density at radius 3 is 2.69 bits per heavy atom. The SMILES string of the molecule is COC(C)(C)CCSc1c(N)cccc1Cl. The second kappa shape index (κ2) is 5.80. The molecule has 0 aliphatic rings. The smallest absolute Gasteiger partial charge is 0.0630 e. The summed E-state index contributed by atoms with van der Waals surface area (Å²) in [6.45, 7) is 4.15. The quantitative estimate of drug-likeness (QED) is 0.645. The van der Waals surface area contributed by atoms with E-state index in [-0.39, 0.29) is 5.60 Å². The topological polar surface area (TPSA) is 35.2 Å². The van der Waals surface area contributed by atoms with Crippen LogP contribution in [0.5, 0.6) is 0 Å². The van der Waals surface area contributed by atoms with Gasteiger partial charge < -0.3 is 10.5 Å². The van der Waals surface area contributed by atoms with Crippen molar-refractivity contribution in [1.82, 2.24) is 0 Å². The highest BCUT2D eigenvalue weighted by molar-refractivity contribution is 7.99. The summed E-state index contributed by atoms with van der Waals surface area (Å²) < 4.78 is 5.36. The van der Waals surface area contributed by atoms with Crippen molar-refractivity contribution >= 4 is 29.1 Å². The number of anilines is 1. The summed E-state index contributed by atoms with van der Waals surface area (Å²) in [4.78, 5) is 0.969. The Morgan fingerprint density at radius 1 is 1.44 bits per heavy atom. The standard InChI is InChI=1S/C12H18ClNOS/c1-12(2,15-3)7-8-16-11-9(13)5-4-6-10(11)14/h4-6H,7-8,14H2,1-3H3. The highest BCUT2D eigenvalue weighted by Crippen LogP contribution is 2.33. The lowest BCUT2D eigenvalue weighted by atomic mass is 10.1. The van der Waals surface area contributed by atoms with Crippen LogP contribution in [-0.2, 0) is 4.74 Å². The number of nitrogen functional groups attached to an aromatic ring is 1. The fourth-order valence-corrected chi connectivity index (χ4v) is 2.76. The molecule has 4 heteroatoms. The molecule has 0 aromatic heterocycles. The maximum absolute atomic E-state index is 6.08. The Morgan fingerprint density at radius 2 is 2.12 bits per heavy atom. The Bertz CT molecular complexity index is 335. The lowest BCUT2D eigenvalue weighted by Gasteiger charge is -2.22. The van der Waals surface area contributed by atoms with Crippen LogP contribution in [0.25, 0.3) is 0 Å². The lowest BCUT2D eigenvalue weighted by Crippen LogP contribution is -2.22. The van der Waals surface area contributed by atoms with Gasteiger partial charge in [0.2, 0.25) is 0 Å². The van der Waals surface area contributed by atoms with Crippen molar-refractivity contribution in [2.75, 3.05) is 18.6 Å². The molecular weight excluding hydrogens is 242 g/mol. The molecule has 0 aliphatic heterocycles. The molecule has 0 heterocycles. The first-order valence-corrected chi connectivity index (χ1v) is 6.54. The summed E-state index contributed by atoms with van der Waals surface area (Å²) in [5, 5.41) is 0.722. The molecule has 0 radical (unpaired) electrons. The number of rotatable bonds is 5. The third kappa shape index (κ3) is 3.89. The van der Waals surface area contributed by atoms with Crippen LogP contribution in [-0.4, -0.2) is 18.5 Å². The Hall–Kier alpha value is -0.380. The first-order valence-electron chi connectivity index (χ1n) is 5.18. The van der Waals surface area contributed by atoms with Gasteiger partial charge >= 0.3 is 0 Å². The summed E-state index contributed by atoms with van der Waals surface area (Å²) in [5.74, 6) is 0.939. The van der Waals surface area contributed by atoms with Crippen LogP contribution in [0.4, 0.5) is 5.69 Å². The van der Waals surface area contributed by atoms with E-state index < -0.39 is 0 Å². The van der Waals surface area contributed by atoms with E-state index in [4.69, 9.17) is 22.1 Å². The van der Waals surface area contributed by atoms with Crippen LogP contribution in [0.15, 0.2) is 23.1 Å². The monoisotopic (exact) mass is 259 g/mol. The van der Waals surface area contributed by atoms with Crippen LogP contribution in [0.1, 0.15) is 20.3 Å². The number of benzene rings is 1. The van der Waals surface area contributed by atoms with Crippen molar-refractivity contribution in [2.45, 2.75) is 30.8 Å². The highest BCUT2D eigenvalue weighted by Gasteiger charge is 2.16. The zero-order valence-corrected chi connectivity index (χ0v) is 11.5. The van der Waals surface area contributed by atoms with Crippen molar-refractivity contribution in [3.8, 4) is 0 Å². The molecular formula is C12H18ClNOS. The maximum Gasteiger partial charge on any atom is 0.0630 e. The third-order valence-corrected chi connectivity index (χ3v) is 4.08. The Kier molecular flexibility index (Phi) is 4.96. The van der Waals surface area contributed by atoms with Gasteiger partial charge in [0.25, 0.3) is 0 Å². The lowest BCUT2D eigenvalue weighted by molar-refractivity contribution is 0.0207. The zero-order chi connectivity index (χ0) is 12.2. The van der Waals surface area contributed by atoms with Gasteiger partial charge in [-0.1, -0.05) is 17.7 Å². The molecule has 1 aromatic rings. The highest BCUT2D eigenvalue weighted by atomic mass is 35.5. The maximum atomic E-state index is 6.08. The Balaban J connectivity index is 2.56. The van der Waals surface area contributed by atoms with E-state index in [2.05, 4.69) is 13.8 Å². The minimum absolute atomic E-state index is 0.0942. The molecule has 0 fully saturated rings. The van der Waals surface area contributed by atoms with Crippen LogP contribution in [0.2, 0.25) is 5.02 Å². The van der Waals surface area contributed by atoms with Gasteiger partial charge in [0.1, 0.15) is 0 Å². The van der Waals surface area contributed by atoms with Gasteiger partial charge in [0.05, 0.1) is 10.6 Å². The van der Waals surface area contributed by atoms with Crippen molar-refractivity contribution < 1.29 is 4.74 Å². The van der Waals surface area contributed by atoms with Crippen LogP contribution < -0.4 is 5.73 Å². The van der Waals surface area contributed by atoms with Crippen molar-refractivity contribution in [3.63, 3.8) is 0 Å². The predicted octanol–water partition coefficient (Wildman–Crippen LogP) is 3.83. The molecule has 1 rings (SSSR count). The number of hydrogen-bond acceptors (Lipinski definition) is 3. The summed E-state index contributed by atoms with van der Waals surface area (Å²) >= 11 is 7.76. The van der Waals surface area contributed by atoms with Gasteiger partial charge in [-0.05, 0) is 32.4 Å². The average Bonchev–Trinajstić information content (AvgIpc) is 2.22. The number of halogens is 1. The van der Waals surface area contributed by atoms with E-state index >= 15 is 0 Å². The van der Waals surface area contributed by atoms with E-state index in [0.717, 1.165) is 27.8 Å². The largest absolute Gasteiger partial charge is 0.398 e. The van der Waals surface area contributed by atoms with Crippen LogP contribution in [0.3, 0.4) is 0 Å². The minimum atomic E-state index is -0.0942. The molecule has 16 heavy (non-hydrogen) atoms. The summed E-state index contributed by atoms with van der Waals surface area (Å²) in [5.41, 5.74) is 6.52. The summed E-state index contributed by atoms with van der Waals surface area (Å²) in [6.07, 6.45) is 0.957. The molecule has 0 saturated heterocycles. The molecule has 0 unspecified atom stereocenters. The predicted molar refractivity (Wildman–Crippen MR) is 72.3 cm³/mol. The van der Waals surface area contributed by atoms with Gasteiger partial charge in [0, 0.05) is 23.4 Å². The van der Waals surface area contributed by atoms with Crippen LogP contribution >= 0.6 is 23.4 Å².